The Kier molecular flexibility index (Phi) is 3.44. The summed E-state index contributed by atoms with van der Waals surface area (Å²) < 4.78 is 0. The topological polar surface area (TPSA) is 82.2 Å². The molecule has 20 heavy (non-hydrogen) atoms. The van der Waals surface area contributed by atoms with Gasteiger partial charge in [0.1, 0.15) is 0 Å². The minimum absolute atomic E-state index is 0.0983. The molecule has 1 aromatic carbocycles. The summed E-state index contributed by atoms with van der Waals surface area (Å²) in [6, 6.07) is 5.28. The van der Waals surface area contributed by atoms with Gasteiger partial charge in [0.15, 0.2) is 0 Å². The van der Waals surface area contributed by atoms with Crippen LogP contribution in [-0.2, 0) is 4.79 Å². The maximum atomic E-state index is 12.4. The van der Waals surface area contributed by atoms with Gasteiger partial charge in [-0.15, -0.1) is 0 Å². The summed E-state index contributed by atoms with van der Waals surface area (Å²) in [5.74, 6) is 0.723. The van der Waals surface area contributed by atoms with Crippen molar-refractivity contribution in [1.82, 2.24) is 4.90 Å². The highest BCUT2D eigenvalue weighted by Crippen LogP contribution is 2.33. The minimum atomic E-state index is 0.0983. The number of nitrogens with zero attached hydrogens (tertiary/aromatic N) is 1. The Morgan fingerprint density at radius 3 is 2.70 bits per heavy atom. The van der Waals surface area contributed by atoms with Crippen molar-refractivity contribution in [3.05, 3.63) is 23.8 Å². The maximum absolute atomic E-state index is 12.4. The molecule has 106 valence electrons. The molecule has 1 unspecified atom stereocenters. The van der Waals surface area contributed by atoms with E-state index in [1.807, 2.05) is 0 Å². The molecule has 2 bridgehead atoms. The van der Waals surface area contributed by atoms with Crippen LogP contribution in [0.15, 0.2) is 18.2 Å². The number of nitrogens with one attached hydrogen (secondary N) is 2. The zero-order valence-corrected chi connectivity index (χ0v) is 11.4. The van der Waals surface area contributed by atoms with Crippen LogP contribution >= 0.6 is 0 Å². The smallest absolute Gasteiger partial charge is 0.229 e. The quantitative estimate of drug-likeness (QED) is 0.576. The van der Waals surface area contributed by atoms with Crippen LogP contribution in [0.25, 0.3) is 0 Å². The molecule has 0 aromatic heterocycles. The first-order valence-electron chi connectivity index (χ1n) is 7.10. The van der Waals surface area contributed by atoms with Crippen LogP contribution in [0.5, 0.6) is 0 Å². The number of nitrogens with two attached hydrogens (primary N) is 1. The van der Waals surface area contributed by atoms with Gasteiger partial charge < -0.3 is 21.4 Å². The van der Waals surface area contributed by atoms with Crippen molar-refractivity contribution in [1.29, 1.82) is 5.41 Å². The molecule has 1 aromatic rings. The van der Waals surface area contributed by atoms with Gasteiger partial charge in [-0.2, -0.15) is 0 Å². The summed E-state index contributed by atoms with van der Waals surface area (Å²) in [7, 11) is 0. The Morgan fingerprint density at radius 1 is 1.40 bits per heavy atom. The van der Waals surface area contributed by atoms with Crippen LogP contribution in [0.3, 0.4) is 0 Å². The Bertz CT molecular complexity index is 535. The third-order valence-electron chi connectivity index (χ3n) is 4.50. The highest BCUT2D eigenvalue weighted by molar-refractivity contribution is 5.95. The fourth-order valence-corrected chi connectivity index (χ4v) is 3.28. The Hall–Kier alpha value is -1.88. The number of rotatable bonds is 3. The van der Waals surface area contributed by atoms with Crippen LogP contribution in [-0.4, -0.2) is 36.7 Å². The van der Waals surface area contributed by atoms with Crippen molar-refractivity contribution in [2.24, 2.45) is 11.8 Å². The second-order valence-electron chi connectivity index (χ2n) is 5.72. The van der Waals surface area contributed by atoms with E-state index < -0.39 is 0 Å². The van der Waals surface area contributed by atoms with E-state index in [1.165, 1.54) is 6.21 Å². The Morgan fingerprint density at radius 2 is 2.15 bits per heavy atom. The fourth-order valence-electron chi connectivity index (χ4n) is 3.28. The van der Waals surface area contributed by atoms with Crippen molar-refractivity contribution in [2.45, 2.75) is 12.8 Å². The first-order chi connectivity index (χ1) is 9.67. The largest absolute Gasteiger partial charge is 0.398 e. The highest BCUT2D eigenvalue weighted by atomic mass is 16.1. The number of hydrogen-bond acceptors (Lipinski definition) is 4. The van der Waals surface area contributed by atoms with Crippen LogP contribution in [0.4, 0.5) is 11.4 Å². The standard InChI is InChI=1S/C15H20N4O/c16-8-11-1-2-12(7-14(11)17)18-15(20)13-9-19-5-3-10(13)4-6-19/h1-2,7-8,10,13,16H,3-6,9,17H2,(H,18,20). The summed E-state index contributed by atoms with van der Waals surface area (Å²) in [5.41, 5.74) is 7.75. The van der Waals surface area contributed by atoms with E-state index >= 15 is 0 Å². The summed E-state index contributed by atoms with van der Waals surface area (Å²) in [6.45, 7) is 3.15. The summed E-state index contributed by atoms with van der Waals surface area (Å²) >= 11 is 0. The third kappa shape index (κ3) is 2.41. The molecule has 1 amide bonds. The zero-order chi connectivity index (χ0) is 14.1. The molecule has 1 atom stereocenters. The van der Waals surface area contributed by atoms with Crippen LogP contribution in [0.1, 0.15) is 18.4 Å². The molecular formula is C15H20N4O. The van der Waals surface area contributed by atoms with E-state index in [0.29, 0.717) is 17.2 Å². The average Bonchev–Trinajstić information content (AvgIpc) is 2.48. The Labute approximate surface area is 118 Å². The normalized spacial score (nSPS) is 28.1. The summed E-state index contributed by atoms with van der Waals surface area (Å²) in [4.78, 5) is 14.8. The van der Waals surface area contributed by atoms with Crippen molar-refractivity contribution in [3.8, 4) is 0 Å². The first kappa shape index (κ1) is 13.1. The lowest BCUT2D eigenvalue weighted by molar-refractivity contribution is -0.125. The van der Waals surface area contributed by atoms with Crippen molar-refractivity contribution >= 4 is 23.5 Å². The van der Waals surface area contributed by atoms with Crippen LogP contribution < -0.4 is 11.1 Å². The predicted molar refractivity (Wildman–Crippen MR) is 80.0 cm³/mol. The zero-order valence-electron chi connectivity index (χ0n) is 11.4. The molecule has 3 fully saturated rings. The molecule has 5 nitrogen and oxygen atoms in total. The number of fused-ring (bicyclic) bond motifs is 3. The first-order valence-corrected chi connectivity index (χ1v) is 7.10. The van der Waals surface area contributed by atoms with Crippen molar-refractivity contribution in [3.63, 3.8) is 0 Å². The predicted octanol–water partition coefficient (Wildman–Crippen LogP) is 1.55. The summed E-state index contributed by atoms with van der Waals surface area (Å²) in [6.07, 6.45) is 3.48. The molecule has 3 saturated heterocycles. The molecular weight excluding hydrogens is 252 g/mol. The van der Waals surface area contributed by atoms with E-state index in [2.05, 4.69) is 10.2 Å². The van der Waals surface area contributed by atoms with Crippen LogP contribution in [0, 0.1) is 17.2 Å². The minimum Gasteiger partial charge on any atom is -0.398 e. The van der Waals surface area contributed by atoms with Gasteiger partial charge in [-0.05, 0) is 50.0 Å². The molecule has 4 N–H and O–H groups in total. The number of anilines is 2. The molecule has 3 heterocycles. The van der Waals surface area contributed by atoms with Gasteiger partial charge in [0, 0.05) is 29.7 Å². The number of piperidine rings is 3. The molecule has 4 rings (SSSR count). The number of hydrogen-bond donors (Lipinski definition) is 3. The van der Waals surface area contributed by atoms with Gasteiger partial charge in [0.2, 0.25) is 5.91 Å². The molecule has 0 spiro atoms. The highest BCUT2D eigenvalue weighted by Gasteiger charge is 2.38. The number of nitrogen functional groups attached to an aromatic ring is 1. The van der Waals surface area contributed by atoms with Gasteiger partial charge in [0.05, 0.1) is 5.92 Å². The van der Waals surface area contributed by atoms with Crippen LogP contribution in [0.2, 0.25) is 0 Å². The van der Waals surface area contributed by atoms with Crippen molar-refractivity contribution in [2.75, 3.05) is 30.7 Å². The number of amides is 1. The van der Waals surface area contributed by atoms with E-state index in [1.54, 1.807) is 18.2 Å². The number of carbonyl (C=O) groups is 1. The van der Waals surface area contributed by atoms with Gasteiger partial charge in [-0.25, -0.2) is 0 Å². The van der Waals surface area contributed by atoms with Crippen molar-refractivity contribution < 1.29 is 4.79 Å². The lowest BCUT2D eigenvalue weighted by atomic mass is 9.78. The molecule has 5 heteroatoms. The molecule has 3 aliphatic heterocycles. The van der Waals surface area contributed by atoms with E-state index in [-0.39, 0.29) is 11.8 Å². The molecule has 0 radical (unpaired) electrons. The monoisotopic (exact) mass is 272 g/mol. The second kappa shape index (κ2) is 5.25. The number of carbonyl (C=O) groups excluding carboxylic acids is 1. The fraction of sp³-hybridized carbons (Fsp3) is 0.467. The third-order valence-corrected chi connectivity index (χ3v) is 4.50. The Balaban J connectivity index is 1.70. The SMILES string of the molecule is N=Cc1ccc(NC(=O)C2CN3CCC2CC3)cc1N. The number of benzene rings is 1. The maximum Gasteiger partial charge on any atom is 0.229 e. The second-order valence-corrected chi connectivity index (χ2v) is 5.72. The van der Waals surface area contributed by atoms with E-state index in [0.717, 1.165) is 38.2 Å². The van der Waals surface area contributed by atoms with Gasteiger partial charge in [-0.3, -0.25) is 4.79 Å². The average molecular weight is 272 g/mol. The molecule has 0 aliphatic carbocycles. The van der Waals surface area contributed by atoms with Gasteiger partial charge in [-0.1, -0.05) is 0 Å². The lowest BCUT2D eigenvalue weighted by Gasteiger charge is -2.43. The van der Waals surface area contributed by atoms with Gasteiger partial charge >= 0.3 is 0 Å². The van der Waals surface area contributed by atoms with E-state index in [9.17, 15) is 4.79 Å². The lowest BCUT2D eigenvalue weighted by Crippen LogP contribution is -2.51. The molecule has 0 saturated carbocycles. The van der Waals surface area contributed by atoms with Gasteiger partial charge in [0.25, 0.3) is 0 Å². The summed E-state index contributed by atoms with van der Waals surface area (Å²) in [5, 5.41) is 10.2. The van der Waals surface area contributed by atoms with E-state index in [4.69, 9.17) is 11.1 Å². The molecule has 3 aliphatic rings.